The molecule has 0 aliphatic rings. The Labute approximate surface area is 143 Å². The van der Waals surface area contributed by atoms with Crippen LogP contribution in [0.15, 0.2) is 41.3 Å². The maximum atomic E-state index is 12.0. The zero-order valence-electron chi connectivity index (χ0n) is 13.8. The van der Waals surface area contributed by atoms with E-state index in [1.54, 1.807) is 18.2 Å². The molecule has 0 heterocycles. The molecule has 0 aliphatic heterocycles. The van der Waals surface area contributed by atoms with Gasteiger partial charge in [-0.3, -0.25) is 0 Å². The van der Waals surface area contributed by atoms with E-state index in [-0.39, 0.29) is 4.90 Å². The standard InChI is InChI=1S/C17H26N2O4S/c18-15-10-12-16(13-11-15)24(22,23)19-14-8-6-4-2-1-3-5-7-9-17(20)21/h7,9-13,19H,1-6,8,14,18H2,(H,20,21)/b9-7+. The summed E-state index contributed by atoms with van der Waals surface area (Å²) in [5.41, 5.74) is 6.08. The lowest BCUT2D eigenvalue weighted by molar-refractivity contribution is -0.131. The first-order valence-corrected chi connectivity index (χ1v) is 9.65. The Hall–Kier alpha value is -1.86. The molecular formula is C17H26N2O4S. The van der Waals surface area contributed by atoms with Crippen LogP contribution in [0.4, 0.5) is 5.69 Å². The number of carboxylic acids is 1. The van der Waals surface area contributed by atoms with E-state index in [4.69, 9.17) is 10.8 Å². The van der Waals surface area contributed by atoms with Crippen LogP contribution in [0.1, 0.15) is 44.9 Å². The number of allylic oxidation sites excluding steroid dienone is 1. The number of nitrogen functional groups attached to an aromatic ring is 1. The lowest BCUT2D eigenvalue weighted by atomic mass is 10.1. The van der Waals surface area contributed by atoms with Crippen LogP contribution in [0, 0.1) is 0 Å². The van der Waals surface area contributed by atoms with Crippen LogP contribution in [0.2, 0.25) is 0 Å². The van der Waals surface area contributed by atoms with Gasteiger partial charge in [0.25, 0.3) is 0 Å². The van der Waals surface area contributed by atoms with E-state index in [1.165, 1.54) is 18.2 Å². The first-order chi connectivity index (χ1) is 11.4. The van der Waals surface area contributed by atoms with Crippen molar-refractivity contribution in [2.45, 2.75) is 49.8 Å². The van der Waals surface area contributed by atoms with Crippen molar-refractivity contribution in [1.82, 2.24) is 4.72 Å². The Morgan fingerprint density at radius 2 is 1.62 bits per heavy atom. The van der Waals surface area contributed by atoms with Gasteiger partial charge in [0.2, 0.25) is 10.0 Å². The van der Waals surface area contributed by atoms with Gasteiger partial charge in [0.05, 0.1) is 4.90 Å². The molecule has 6 nitrogen and oxygen atoms in total. The predicted molar refractivity (Wildman–Crippen MR) is 95.1 cm³/mol. The Kier molecular flexibility index (Phi) is 9.11. The topological polar surface area (TPSA) is 109 Å². The summed E-state index contributed by atoms with van der Waals surface area (Å²) in [7, 11) is -3.45. The minimum absolute atomic E-state index is 0.228. The third-order valence-electron chi connectivity index (χ3n) is 3.54. The number of carboxylic acid groups (broad SMARTS) is 1. The van der Waals surface area contributed by atoms with Crippen molar-refractivity contribution in [2.75, 3.05) is 12.3 Å². The fourth-order valence-corrected chi connectivity index (χ4v) is 3.29. The van der Waals surface area contributed by atoms with Crippen LogP contribution in [0.25, 0.3) is 0 Å². The third-order valence-corrected chi connectivity index (χ3v) is 5.02. The molecule has 7 heteroatoms. The summed E-state index contributed by atoms with van der Waals surface area (Å²) in [6.07, 6.45) is 9.56. The quantitative estimate of drug-likeness (QED) is 0.304. The SMILES string of the molecule is Nc1ccc(S(=O)(=O)NCCCCCCCC/C=C/C(=O)O)cc1. The average Bonchev–Trinajstić information content (AvgIpc) is 2.52. The van der Waals surface area contributed by atoms with E-state index >= 15 is 0 Å². The number of hydrogen-bond donors (Lipinski definition) is 3. The highest BCUT2D eigenvalue weighted by atomic mass is 32.2. The van der Waals surface area contributed by atoms with E-state index in [0.717, 1.165) is 44.9 Å². The molecule has 0 aliphatic carbocycles. The highest BCUT2D eigenvalue weighted by Gasteiger charge is 2.12. The summed E-state index contributed by atoms with van der Waals surface area (Å²) in [5.74, 6) is -0.906. The maximum absolute atomic E-state index is 12.0. The van der Waals surface area contributed by atoms with Crippen molar-refractivity contribution in [3.8, 4) is 0 Å². The minimum Gasteiger partial charge on any atom is -0.478 e. The molecule has 0 radical (unpaired) electrons. The molecule has 0 bridgehead atoms. The molecule has 134 valence electrons. The van der Waals surface area contributed by atoms with Gasteiger partial charge in [-0.05, 0) is 43.5 Å². The van der Waals surface area contributed by atoms with E-state index in [2.05, 4.69) is 4.72 Å². The second-order valence-electron chi connectivity index (χ2n) is 5.62. The number of carbonyl (C=O) groups is 1. The van der Waals surface area contributed by atoms with E-state index in [1.807, 2.05) is 0 Å². The Balaban J connectivity index is 2.07. The summed E-state index contributed by atoms with van der Waals surface area (Å²) < 4.78 is 26.6. The summed E-state index contributed by atoms with van der Waals surface area (Å²) in [6.45, 7) is 0.425. The number of benzene rings is 1. The summed E-state index contributed by atoms with van der Waals surface area (Å²) in [6, 6.07) is 6.13. The lowest BCUT2D eigenvalue weighted by Gasteiger charge is -2.07. The largest absolute Gasteiger partial charge is 0.478 e. The maximum Gasteiger partial charge on any atom is 0.327 e. The van der Waals surface area contributed by atoms with Crippen molar-refractivity contribution in [2.24, 2.45) is 0 Å². The number of nitrogens with one attached hydrogen (secondary N) is 1. The van der Waals surface area contributed by atoms with Crippen LogP contribution < -0.4 is 10.5 Å². The first kappa shape index (κ1) is 20.2. The van der Waals surface area contributed by atoms with Crippen molar-refractivity contribution < 1.29 is 18.3 Å². The number of sulfonamides is 1. The van der Waals surface area contributed by atoms with Crippen LogP contribution in [-0.2, 0) is 14.8 Å². The van der Waals surface area contributed by atoms with Gasteiger partial charge in [-0.1, -0.05) is 31.8 Å². The van der Waals surface area contributed by atoms with E-state index in [0.29, 0.717) is 12.2 Å². The van der Waals surface area contributed by atoms with Gasteiger partial charge >= 0.3 is 5.97 Å². The van der Waals surface area contributed by atoms with Gasteiger partial charge in [0.1, 0.15) is 0 Å². The molecule has 0 aromatic heterocycles. The zero-order valence-corrected chi connectivity index (χ0v) is 14.6. The highest BCUT2D eigenvalue weighted by molar-refractivity contribution is 7.89. The Morgan fingerprint density at radius 3 is 2.25 bits per heavy atom. The normalized spacial score (nSPS) is 11.8. The molecule has 0 saturated heterocycles. The molecule has 0 unspecified atom stereocenters. The van der Waals surface area contributed by atoms with Crippen LogP contribution in [0.5, 0.6) is 0 Å². The molecule has 0 saturated carbocycles. The smallest absolute Gasteiger partial charge is 0.327 e. The second-order valence-corrected chi connectivity index (χ2v) is 7.38. The lowest BCUT2D eigenvalue weighted by Crippen LogP contribution is -2.24. The molecule has 1 aromatic carbocycles. The number of aliphatic carboxylic acids is 1. The van der Waals surface area contributed by atoms with Gasteiger partial charge in [0.15, 0.2) is 0 Å². The Bertz CT molecular complexity index is 624. The second kappa shape index (κ2) is 10.8. The number of anilines is 1. The number of nitrogens with two attached hydrogens (primary N) is 1. The molecule has 0 spiro atoms. The molecule has 0 atom stereocenters. The summed E-state index contributed by atoms with van der Waals surface area (Å²) in [5, 5.41) is 8.44. The van der Waals surface area contributed by atoms with Crippen LogP contribution in [0.3, 0.4) is 0 Å². The summed E-state index contributed by atoms with van der Waals surface area (Å²) in [4.78, 5) is 10.5. The summed E-state index contributed by atoms with van der Waals surface area (Å²) >= 11 is 0. The van der Waals surface area contributed by atoms with E-state index < -0.39 is 16.0 Å². The van der Waals surface area contributed by atoms with Gasteiger partial charge in [-0.15, -0.1) is 0 Å². The molecule has 0 fully saturated rings. The molecule has 24 heavy (non-hydrogen) atoms. The van der Waals surface area contributed by atoms with Crippen molar-refractivity contribution >= 4 is 21.7 Å². The number of unbranched alkanes of at least 4 members (excludes halogenated alkanes) is 6. The molecule has 1 aromatic rings. The van der Waals surface area contributed by atoms with Crippen LogP contribution >= 0.6 is 0 Å². The monoisotopic (exact) mass is 354 g/mol. The molecule has 1 rings (SSSR count). The van der Waals surface area contributed by atoms with Gasteiger partial charge in [-0.2, -0.15) is 0 Å². The van der Waals surface area contributed by atoms with Crippen molar-refractivity contribution in [3.63, 3.8) is 0 Å². The van der Waals surface area contributed by atoms with E-state index in [9.17, 15) is 13.2 Å². The first-order valence-electron chi connectivity index (χ1n) is 8.16. The highest BCUT2D eigenvalue weighted by Crippen LogP contribution is 2.12. The Morgan fingerprint density at radius 1 is 1.04 bits per heavy atom. The average molecular weight is 354 g/mol. The third kappa shape index (κ3) is 8.69. The van der Waals surface area contributed by atoms with Gasteiger partial charge in [-0.25, -0.2) is 17.9 Å². The van der Waals surface area contributed by atoms with Crippen molar-refractivity contribution in [3.05, 3.63) is 36.4 Å². The molecule has 4 N–H and O–H groups in total. The predicted octanol–water partition coefficient (Wildman–Crippen LogP) is 2.92. The number of rotatable bonds is 12. The number of hydrogen-bond acceptors (Lipinski definition) is 4. The molecule has 0 amide bonds. The fraction of sp³-hybridized carbons (Fsp3) is 0.471. The van der Waals surface area contributed by atoms with Gasteiger partial charge in [0, 0.05) is 18.3 Å². The zero-order chi connectivity index (χ0) is 17.8. The van der Waals surface area contributed by atoms with Crippen molar-refractivity contribution in [1.29, 1.82) is 0 Å². The fourth-order valence-electron chi connectivity index (χ4n) is 2.22. The molecular weight excluding hydrogens is 328 g/mol. The van der Waals surface area contributed by atoms with Crippen LogP contribution in [-0.4, -0.2) is 26.0 Å². The minimum atomic E-state index is -3.45. The van der Waals surface area contributed by atoms with Gasteiger partial charge < -0.3 is 10.8 Å².